The SMILES string of the molecule is CNc1ncccc1COCc1ccccc1Cl. The molecule has 0 saturated carbocycles. The van der Waals surface area contributed by atoms with E-state index in [1.165, 1.54) is 0 Å². The number of pyridine rings is 1. The Hall–Kier alpha value is -1.58. The van der Waals surface area contributed by atoms with Gasteiger partial charge in [-0.2, -0.15) is 0 Å². The van der Waals surface area contributed by atoms with Crippen molar-refractivity contribution >= 4 is 17.4 Å². The van der Waals surface area contributed by atoms with Crippen molar-refractivity contribution in [3.8, 4) is 0 Å². The second-order valence-electron chi connectivity index (χ2n) is 3.85. The number of ether oxygens (including phenoxy) is 1. The van der Waals surface area contributed by atoms with Gasteiger partial charge in [0, 0.05) is 23.8 Å². The average molecular weight is 263 g/mol. The zero-order chi connectivity index (χ0) is 12.8. The second-order valence-corrected chi connectivity index (χ2v) is 4.25. The topological polar surface area (TPSA) is 34.2 Å². The molecule has 0 aliphatic carbocycles. The van der Waals surface area contributed by atoms with Gasteiger partial charge in [0.15, 0.2) is 0 Å². The van der Waals surface area contributed by atoms with E-state index in [1.54, 1.807) is 6.20 Å². The lowest BCUT2D eigenvalue weighted by molar-refractivity contribution is 0.107. The standard InChI is InChI=1S/C14H15ClN2O/c1-16-14-12(6-4-8-17-14)10-18-9-11-5-2-3-7-13(11)15/h2-8H,9-10H2,1H3,(H,16,17). The van der Waals surface area contributed by atoms with Crippen molar-refractivity contribution in [1.29, 1.82) is 0 Å². The summed E-state index contributed by atoms with van der Waals surface area (Å²) in [5.41, 5.74) is 2.03. The van der Waals surface area contributed by atoms with Crippen molar-refractivity contribution in [2.45, 2.75) is 13.2 Å². The van der Waals surface area contributed by atoms with Crippen LogP contribution in [0.4, 0.5) is 5.82 Å². The molecule has 0 bridgehead atoms. The van der Waals surface area contributed by atoms with E-state index < -0.39 is 0 Å². The highest BCUT2D eigenvalue weighted by molar-refractivity contribution is 6.31. The van der Waals surface area contributed by atoms with E-state index in [4.69, 9.17) is 16.3 Å². The van der Waals surface area contributed by atoms with Crippen LogP contribution in [0.2, 0.25) is 5.02 Å². The molecule has 0 amide bonds. The maximum absolute atomic E-state index is 6.06. The molecule has 0 unspecified atom stereocenters. The van der Waals surface area contributed by atoms with Crippen LogP contribution in [-0.2, 0) is 18.0 Å². The van der Waals surface area contributed by atoms with Crippen LogP contribution in [0.5, 0.6) is 0 Å². The minimum atomic E-state index is 0.498. The van der Waals surface area contributed by atoms with Gasteiger partial charge in [0.1, 0.15) is 5.82 Å². The highest BCUT2D eigenvalue weighted by Crippen LogP contribution is 2.17. The minimum absolute atomic E-state index is 0.498. The molecule has 94 valence electrons. The lowest BCUT2D eigenvalue weighted by Gasteiger charge is -2.09. The Morgan fingerprint density at radius 1 is 1.11 bits per heavy atom. The summed E-state index contributed by atoms with van der Waals surface area (Å²) in [5, 5.41) is 3.77. The third-order valence-electron chi connectivity index (χ3n) is 2.60. The van der Waals surface area contributed by atoms with Crippen molar-refractivity contribution in [3.05, 3.63) is 58.7 Å². The third kappa shape index (κ3) is 3.22. The highest BCUT2D eigenvalue weighted by atomic mass is 35.5. The van der Waals surface area contributed by atoms with E-state index in [2.05, 4.69) is 10.3 Å². The highest BCUT2D eigenvalue weighted by Gasteiger charge is 2.03. The predicted molar refractivity (Wildman–Crippen MR) is 73.7 cm³/mol. The molecule has 4 heteroatoms. The summed E-state index contributed by atoms with van der Waals surface area (Å²) in [4.78, 5) is 4.22. The molecule has 0 radical (unpaired) electrons. The van der Waals surface area contributed by atoms with Crippen molar-refractivity contribution in [2.24, 2.45) is 0 Å². The lowest BCUT2D eigenvalue weighted by atomic mass is 10.2. The van der Waals surface area contributed by atoms with Gasteiger partial charge in [-0.25, -0.2) is 4.98 Å². The first-order valence-corrected chi connectivity index (χ1v) is 6.12. The average Bonchev–Trinajstić information content (AvgIpc) is 2.41. The molecule has 0 saturated heterocycles. The monoisotopic (exact) mass is 262 g/mol. The molecule has 1 aromatic carbocycles. The number of nitrogens with zero attached hydrogens (tertiary/aromatic N) is 1. The third-order valence-corrected chi connectivity index (χ3v) is 2.97. The molecular formula is C14H15ClN2O. The van der Waals surface area contributed by atoms with Crippen LogP contribution in [0.25, 0.3) is 0 Å². The van der Waals surface area contributed by atoms with Crippen LogP contribution < -0.4 is 5.32 Å². The number of aromatic nitrogens is 1. The van der Waals surface area contributed by atoms with Gasteiger partial charge in [0.05, 0.1) is 13.2 Å². The van der Waals surface area contributed by atoms with Gasteiger partial charge in [0.25, 0.3) is 0 Å². The van der Waals surface area contributed by atoms with Crippen LogP contribution in [0, 0.1) is 0 Å². The largest absolute Gasteiger partial charge is 0.373 e. The van der Waals surface area contributed by atoms with Crippen molar-refractivity contribution in [1.82, 2.24) is 4.98 Å². The van der Waals surface area contributed by atoms with Crippen molar-refractivity contribution < 1.29 is 4.74 Å². The molecule has 1 N–H and O–H groups in total. The normalized spacial score (nSPS) is 10.3. The molecule has 0 fully saturated rings. The smallest absolute Gasteiger partial charge is 0.131 e. The molecule has 0 spiro atoms. The maximum atomic E-state index is 6.06. The fourth-order valence-corrected chi connectivity index (χ4v) is 1.86. The summed E-state index contributed by atoms with van der Waals surface area (Å²) in [6.45, 7) is 1.01. The van der Waals surface area contributed by atoms with Gasteiger partial charge < -0.3 is 10.1 Å². The van der Waals surface area contributed by atoms with Crippen molar-refractivity contribution in [2.75, 3.05) is 12.4 Å². The Kier molecular flexibility index (Phi) is 4.56. The van der Waals surface area contributed by atoms with E-state index in [9.17, 15) is 0 Å². The Labute approximate surface area is 112 Å². The van der Waals surface area contributed by atoms with E-state index in [0.717, 1.165) is 22.0 Å². The summed E-state index contributed by atoms with van der Waals surface area (Å²) in [6.07, 6.45) is 1.75. The molecule has 2 aromatic rings. The van der Waals surface area contributed by atoms with Crippen LogP contribution in [0.15, 0.2) is 42.6 Å². The first-order valence-electron chi connectivity index (χ1n) is 5.74. The Balaban J connectivity index is 1.95. The fourth-order valence-electron chi connectivity index (χ4n) is 1.67. The van der Waals surface area contributed by atoms with E-state index in [-0.39, 0.29) is 0 Å². The van der Waals surface area contributed by atoms with Crippen LogP contribution in [0.3, 0.4) is 0 Å². The molecular weight excluding hydrogens is 248 g/mol. The van der Waals surface area contributed by atoms with Crippen LogP contribution >= 0.6 is 11.6 Å². The Morgan fingerprint density at radius 3 is 2.61 bits per heavy atom. The van der Waals surface area contributed by atoms with Gasteiger partial charge >= 0.3 is 0 Å². The predicted octanol–water partition coefficient (Wildman–Crippen LogP) is 3.49. The molecule has 0 atom stereocenters. The fraction of sp³-hybridized carbons (Fsp3) is 0.214. The Morgan fingerprint density at radius 2 is 1.83 bits per heavy atom. The van der Waals surface area contributed by atoms with Gasteiger partial charge in [-0.15, -0.1) is 0 Å². The minimum Gasteiger partial charge on any atom is -0.373 e. The summed E-state index contributed by atoms with van der Waals surface area (Å²) >= 11 is 6.06. The number of nitrogens with one attached hydrogen (secondary N) is 1. The molecule has 1 heterocycles. The first-order chi connectivity index (χ1) is 8.81. The summed E-state index contributed by atoms with van der Waals surface area (Å²) in [5.74, 6) is 0.844. The molecule has 18 heavy (non-hydrogen) atoms. The van der Waals surface area contributed by atoms with Gasteiger partial charge in [-0.3, -0.25) is 0 Å². The van der Waals surface area contributed by atoms with Gasteiger partial charge in [-0.05, 0) is 17.7 Å². The summed E-state index contributed by atoms with van der Waals surface area (Å²) in [6, 6.07) is 11.6. The zero-order valence-corrected chi connectivity index (χ0v) is 10.9. The molecule has 1 aromatic heterocycles. The van der Waals surface area contributed by atoms with E-state index in [1.807, 2.05) is 43.4 Å². The van der Waals surface area contributed by atoms with Crippen LogP contribution in [-0.4, -0.2) is 12.0 Å². The number of rotatable bonds is 5. The van der Waals surface area contributed by atoms with Crippen LogP contribution in [0.1, 0.15) is 11.1 Å². The molecule has 3 nitrogen and oxygen atoms in total. The van der Waals surface area contributed by atoms with Gasteiger partial charge in [-0.1, -0.05) is 35.9 Å². The van der Waals surface area contributed by atoms with E-state index in [0.29, 0.717) is 13.2 Å². The van der Waals surface area contributed by atoms with Gasteiger partial charge in [0.2, 0.25) is 0 Å². The second kappa shape index (κ2) is 6.38. The molecule has 2 rings (SSSR count). The number of anilines is 1. The first kappa shape index (κ1) is 12.9. The lowest BCUT2D eigenvalue weighted by Crippen LogP contribution is -2.01. The van der Waals surface area contributed by atoms with E-state index >= 15 is 0 Å². The number of hydrogen-bond donors (Lipinski definition) is 1. The van der Waals surface area contributed by atoms with Crippen molar-refractivity contribution in [3.63, 3.8) is 0 Å². The maximum Gasteiger partial charge on any atom is 0.131 e. The Bertz CT molecular complexity index is 517. The summed E-state index contributed by atoms with van der Waals surface area (Å²) in [7, 11) is 1.85. The quantitative estimate of drug-likeness (QED) is 0.896. The number of benzene rings is 1. The molecule has 0 aliphatic rings. The molecule has 0 aliphatic heterocycles. The number of halogens is 1. The zero-order valence-electron chi connectivity index (χ0n) is 10.2. The number of hydrogen-bond acceptors (Lipinski definition) is 3. The summed E-state index contributed by atoms with van der Waals surface area (Å²) < 4.78 is 5.66.